The van der Waals surface area contributed by atoms with E-state index in [-0.39, 0.29) is 6.03 Å². The monoisotopic (exact) mass is 340 g/mol. The molecule has 2 atom stereocenters. The zero-order valence-corrected chi connectivity index (χ0v) is 15.7. The van der Waals surface area contributed by atoms with E-state index < -0.39 is 0 Å². The fourth-order valence-electron chi connectivity index (χ4n) is 6.47. The Balaban J connectivity index is 1.53. The second-order valence-corrected chi connectivity index (χ2v) is 9.22. The molecule has 0 aliphatic heterocycles. The second kappa shape index (κ2) is 6.34. The smallest absolute Gasteiger partial charge is 0.314 e. The fraction of sp³-hybridized carbons (Fsp3) is 0.682. The lowest BCUT2D eigenvalue weighted by Gasteiger charge is -2.62. The number of amides is 2. The van der Waals surface area contributed by atoms with Crippen LogP contribution in [0.4, 0.5) is 4.79 Å². The molecule has 2 unspecified atom stereocenters. The van der Waals surface area contributed by atoms with E-state index in [9.17, 15) is 4.79 Å². The molecule has 0 spiro atoms. The van der Waals surface area contributed by atoms with Crippen LogP contribution in [0.25, 0.3) is 0 Å². The number of hydrogen-bond acceptors (Lipinski definition) is 1. The summed E-state index contributed by atoms with van der Waals surface area (Å²) >= 11 is 0. The molecule has 4 aliphatic rings. The van der Waals surface area contributed by atoms with E-state index in [1.807, 2.05) is 0 Å². The molecule has 2 amide bonds. The molecular formula is C22H32N2O. The summed E-state index contributed by atoms with van der Waals surface area (Å²) in [6, 6.07) is 9.31. The molecule has 3 nitrogen and oxygen atoms in total. The molecule has 4 fully saturated rings. The first-order chi connectivity index (χ1) is 12.0. The van der Waals surface area contributed by atoms with Gasteiger partial charge >= 0.3 is 6.03 Å². The average Bonchev–Trinajstić information content (AvgIpc) is 2.57. The Labute approximate surface area is 152 Å². The molecule has 0 radical (unpaired) electrons. The zero-order chi connectivity index (χ0) is 17.5. The summed E-state index contributed by atoms with van der Waals surface area (Å²) in [4.78, 5) is 12.1. The molecule has 2 N–H and O–H groups in total. The molecule has 0 heterocycles. The van der Waals surface area contributed by atoms with Crippen molar-refractivity contribution in [3.05, 3.63) is 35.4 Å². The van der Waals surface area contributed by atoms with Crippen molar-refractivity contribution in [2.24, 2.45) is 17.3 Å². The zero-order valence-electron chi connectivity index (χ0n) is 15.7. The number of hydrogen-bond donors (Lipinski definition) is 2. The maximum Gasteiger partial charge on any atom is 0.314 e. The lowest BCUT2D eigenvalue weighted by atomic mass is 9.43. The van der Waals surface area contributed by atoms with Crippen molar-refractivity contribution in [1.29, 1.82) is 0 Å². The van der Waals surface area contributed by atoms with Crippen molar-refractivity contribution < 1.29 is 4.79 Å². The number of carbonyl (C=O) groups excluding carboxylic acids is 1. The van der Waals surface area contributed by atoms with Gasteiger partial charge in [0.05, 0.1) is 0 Å². The first kappa shape index (κ1) is 16.9. The van der Waals surface area contributed by atoms with Crippen LogP contribution in [0.5, 0.6) is 0 Å². The minimum Gasteiger partial charge on any atom is -0.338 e. The van der Waals surface area contributed by atoms with Gasteiger partial charge in [0, 0.05) is 13.1 Å². The van der Waals surface area contributed by atoms with Crippen LogP contribution >= 0.6 is 0 Å². The topological polar surface area (TPSA) is 41.1 Å². The van der Waals surface area contributed by atoms with E-state index in [1.165, 1.54) is 44.1 Å². The van der Waals surface area contributed by atoms with Gasteiger partial charge in [-0.1, -0.05) is 36.8 Å². The van der Waals surface area contributed by atoms with Gasteiger partial charge in [0.25, 0.3) is 0 Å². The highest BCUT2D eigenvalue weighted by atomic mass is 16.2. The van der Waals surface area contributed by atoms with Crippen molar-refractivity contribution in [1.82, 2.24) is 10.6 Å². The molecule has 4 bridgehead atoms. The number of benzene rings is 1. The highest BCUT2D eigenvalue weighted by Gasteiger charge is 2.57. The third-order valence-corrected chi connectivity index (χ3v) is 7.01. The SMILES string of the molecule is CCCNC(=O)NCC12CC3CC(C1)CC(c1ccc(C)cc1)(C3)C2. The molecule has 3 heteroatoms. The standard InChI is InChI=1S/C22H32N2O/c1-3-8-23-20(25)24-15-21-10-17-9-18(11-21)13-22(12-17,14-21)19-6-4-16(2)5-7-19/h4-7,17-18H,3,8-15H2,1-2H3,(H2,23,24,25). The molecule has 1 aromatic carbocycles. The Kier molecular flexibility index (Phi) is 4.29. The third kappa shape index (κ3) is 3.18. The Morgan fingerprint density at radius 1 is 1.08 bits per heavy atom. The predicted octanol–water partition coefficient (Wildman–Crippen LogP) is 4.54. The molecule has 1 aromatic rings. The van der Waals surface area contributed by atoms with Gasteiger partial charge < -0.3 is 10.6 Å². The minimum absolute atomic E-state index is 0.0157. The van der Waals surface area contributed by atoms with Crippen LogP contribution in [0.2, 0.25) is 0 Å². The lowest BCUT2D eigenvalue weighted by Crippen LogP contribution is -2.57. The predicted molar refractivity (Wildman–Crippen MR) is 102 cm³/mol. The number of rotatable bonds is 5. The lowest BCUT2D eigenvalue weighted by molar-refractivity contribution is -0.0693. The normalized spacial score (nSPS) is 35.6. The van der Waals surface area contributed by atoms with Gasteiger partial charge in [-0.2, -0.15) is 0 Å². The Morgan fingerprint density at radius 3 is 2.40 bits per heavy atom. The van der Waals surface area contributed by atoms with E-state index in [0.29, 0.717) is 10.8 Å². The minimum atomic E-state index is 0.0157. The summed E-state index contributed by atoms with van der Waals surface area (Å²) in [6.07, 6.45) is 8.99. The summed E-state index contributed by atoms with van der Waals surface area (Å²) in [5.41, 5.74) is 3.57. The summed E-state index contributed by atoms with van der Waals surface area (Å²) in [7, 11) is 0. The molecular weight excluding hydrogens is 308 g/mol. The van der Waals surface area contributed by atoms with Gasteiger partial charge in [0.15, 0.2) is 0 Å². The number of aryl methyl sites for hydroxylation is 1. The molecule has 0 saturated heterocycles. The quantitative estimate of drug-likeness (QED) is 0.811. The van der Waals surface area contributed by atoms with Crippen LogP contribution in [0.15, 0.2) is 24.3 Å². The van der Waals surface area contributed by atoms with E-state index >= 15 is 0 Å². The van der Waals surface area contributed by atoms with Crippen LogP contribution in [0, 0.1) is 24.2 Å². The Hall–Kier alpha value is -1.51. The second-order valence-electron chi connectivity index (χ2n) is 9.22. The Morgan fingerprint density at radius 2 is 1.76 bits per heavy atom. The van der Waals surface area contributed by atoms with Crippen molar-refractivity contribution in [2.75, 3.05) is 13.1 Å². The average molecular weight is 341 g/mol. The number of carbonyl (C=O) groups is 1. The fourth-order valence-corrected chi connectivity index (χ4v) is 6.47. The van der Waals surface area contributed by atoms with Crippen molar-refractivity contribution in [3.63, 3.8) is 0 Å². The van der Waals surface area contributed by atoms with E-state index in [2.05, 4.69) is 48.7 Å². The van der Waals surface area contributed by atoms with Crippen molar-refractivity contribution >= 4 is 6.03 Å². The van der Waals surface area contributed by atoms with Crippen molar-refractivity contribution in [2.45, 2.75) is 64.2 Å². The van der Waals surface area contributed by atoms with E-state index in [4.69, 9.17) is 0 Å². The molecule has 25 heavy (non-hydrogen) atoms. The highest BCUT2D eigenvalue weighted by molar-refractivity contribution is 5.73. The van der Waals surface area contributed by atoms with Gasteiger partial charge in [-0.15, -0.1) is 0 Å². The molecule has 4 saturated carbocycles. The van der Waals surface area contributed by atoms with Gasteiger partial charge in [0.1, 0.15) is 0 Å². The van der Waals surface area contributed by atoms with Gasteiger partial charge in [-0.3, -0.25) is 0 Å². The number of nitrogens with one attached hydrogen (secondary N) is 2. The number of urea groups is 1. The van der Waals surface area contributed by atoms with Crippen LogP contribution in [-0.2, 0) is 5.41 Å². The Bertz CT molecular complexity index is 622. The summed E-state index contributed by atoms with van der Waals surface area (Å²) in [5, 5.41) is 6.16. The first-order valence-electron chi connectivity index (χ1n) is 10.1. The highest BCUT2D eigenvalue weighted by Crippen LogP contribution is 2.65. The summed E-state index contributed by atoms with van der Waals surface area (Å²) in [5.74, 6) is 1.70. The maximum atomic E-state index is 12.1. The largest absolute Gasteiger partial charge is 0.338 e. The van der Waals surface area contributed by atoms with Gasteiger partial charge in [-0.05, 0) is 80.1 Å². The van der Waals surface area contributed by atoms with E-state index in [1.54, 1.807) is 5.56 Å². The summed E-state index contributed by atoms with van der Waals surface area (Å²) < 4.78 is 0. The summed E-state index contributed by atoms with van der Waals surface area (Å²) in [6.45, 7) is 5.87. The maximum absolute atomic E-state index is 12.1. The molecule has 136 valence electrons. The van der Waals surface area contributed by atoms with Gasteiger partial charge in [0.2, 0.25) is 0 Å². The van der Waals surface area contributed by atoms with Crippen molar-refractivity contribution in [3.8, 4) is 0 Å². The molecule has 4 aliphatic carbocycles. The third-order valence-electron chi connectivity index (χ3n) is 7.01. The van der Waals surface area contributed by atoms with Crippen LogP contribution in [0.1, 0.15) is 63.0 Å². The molecule has 5 rings (SSSR count). The molecule has 0 aromatic heterocycles. The van der Waals surface area contributed by atoms with Crippen LogP contribution in [-0.4, -0.2) is 19.1 Å². The van der Waals surface area contributed by atoms with Gasteiger partial charge in [-0.25, -0.2) is 4.79 Å². The van der Waals surface area contributed by atoms with Crippen LogP contribution < -0.4 is 10.6 Å². The van der Waals surface area contributed by atoms with Crippen LogP contribution in [0.3, 0.4) is 0 Å². The first-order valence-corrected chi connectivity index (χ1v) is 10.1. The van der Waals surface area contributed by atoms with E-state index in [0.717, 1.165) is 31.3 Å².